The summed E-state index contributed by atoms with van der Waals surface area (Å²) in [7, 11) is -3.72. The number of amides is 1. The van der Waals surface area contributed by atoms with E-state index in [4.69, 9.17) is 0 Å². The highest BCUT2D eigenvalue weighted by Gasteiger charge is 2.35. The number of halogens is 1. The van der Waals surface area contributed by atoms with Crippen LogP contribution in [-0.4, -0.2) is 26.9 Å². The van der Waals surface area contributed by atoms with Crippen LogP contribution in [0.2, 0.25) is 0 Å². The van der Waals surface area contributed by atoms with Crippen LogP contribution in [-0.2, 0) is 14.8 Å². The third kappa shape index (κ3) is 3.46. The number of nitrogens with zero attached hydrogens (tertiary/aromatic N) is 1. The lowest BCUT2D eigenvalue weighted by atomic mass is 10.3. The van der Waals surface area contributed by atoms with E-state index in [1.54, 1.807) is 17.0 Å². The van der Waals surface area contributed by atoms with Gasteiger partial charge in [-0.25, -0.2) is 8.42 Å². The zero-order valence-electron chi connectivity index (χ0n) is 12.1. The molecule has 1 saturated heterocycles. The third-order valence-electron chi connectivity index (χ3n) is 3.69. The summed E-state index contributed by atoms with van der Waals surface area (Å²) in [5.74, 6) is -0.225. The van der Waals surface area contributed by atoms with Crippen LogP contribution in [0.4, 0.5) is 5.69 Å². The number of anilines is 1. The Balaban J connectivity index is 1.76. The van der Waals surface area contributed by atoms with E-state index in [-0.39, 0.29) is 10.8 Å². The van der Waals surface area contributed by atoms with E-state index >= 15 is 0 Å². The first-order valence-electron chi connectivity index (χ1n) is 7.12. The molecule has 1 aliphatic heterocycles. The van der Waals surface area contributed by atoms with Crippen molar-refractivity contribution in [2.45, 2.75) is 17.4 Å². The number of para-hydroxylation sites is 1. The van der Waals surface area contributed by atoms with Crippen LogP contribution in [0.5, 0.6) is 0 Å². The third-order valence-corrected chi connectivity index (χ3v) is 5.71. The molecule has 2 aromatic carbocycles. The van der Waals surface area contributed by atoms with Gasteiger partial charge in [0, 0.05) is 16.7 Å². The molecule has 0 radical (unpaired) electrons. The Morgan fingerprint density at radius 3 is 2.35 bits per heavy atom. The Labute approximate surface area is 143 Å². The molecule has 0 saturated carbocycles. The molecule has 5 nitrogen and oxygen atoms in total. The van der Waals surface area contributed by atoms with Crippen molar-refractivity contribution >= 4 is 37.5 Å². The van der Waals surface area contributed by atoms with Crippen LogP contribution in [0.3, 0.4) is 0 Å². The van der Waals surface area contributed by atoms with Crippen molar-refractivity contribution in [1.29, 1.82) is 0 Å². The predicted molar refractivity (Wildman–Crippen MR) is 91.7 cm³/mol. The summed E-state index contributed by atoms with van der Waals surface area (Å²) in [6, 6.07) is 14.8. The second-order valence-electron chi connectivity index (χ2n) is 5.24. The first kappa shape index (κ1) is 16.2. The van der Waals surface area contributed by atoms with Gasteiger partial charge in [0.15, 0.2) is 0 Å². The number of carbonyl (C=O) groups excluding carboxylic acids is 1. The van der Waals surface area contributed by atoms with Gasteiger partial charge in [-0.3, -0.25) is 4.79 Å². The summed E-state index contributed by atoms with van der Waals surface area (Å²) in [5.41, 5.74) is 0.780. The number of benzene rings is 2. The Hall–Kier alpha value is -1.70. The molecule has 0 aromatic heterocycles. The van der Waals surface area contributed by atoms with Gasteiger partial charge >= 0.3 is 0 Å². The molecule has 0 bridgehead atoms. The van der Waals surface area contributed by atoms with Crippen LogP contribution in [0, 0.1) is 0 Å². The van der Waals surface area contributed by atoms with Crippen LogP contribution >= 0.6 is 15.9 Å². The maximum atomic E-state index is 12.5. The van der Waals surface area contributed by atoms with Crippen molar-refractivity contribution < 1.29 is 13.2 Å². The van der Waals surface area contributed by atoms with Crippen LogP contribution in [0.1, 0.15) is 6.42 Å². The minimum atomic E-state index is -3.72. The Morgan fingerprint density at radius 1 is 1.04 bits per heavy atom. The topological polar surface area (TPSA) is 66.5 Å². The van der Waals surface area contributed by atoms with E-state index in [1.165, 1.54) is 12.1 Å². The van der Waals surface area contributed by atoms with Crippen LogP contribution in [0.25, 0.3) is 0 Å². The zero-order valence-corrected chi connectivity index (χ0v) is 14.5. The minimum absolute atomic E-state index is 0.145. The standard InChI is InChI=1S/C16H15BrN2O3S/c17-12-6-8-14(9-7-12)23(21,22)18-15-10-11-19(16(15)20)13-4-2-1-3-5-13/h1-9,15,18H,10-11H2/t15-/m0/s1. The lowest BCUT2D eigenvalue weighted by Crippen LogP contribution is -2.41. The summed E-state index contributed by atoms with van der Waals surface area (Å²) in [6.45, 7) is 0.496. The monoisotopic (exact) mass is 394 g/mol. The highest BCUT2D eigenvalue weighted by atomic mass is 79.9. The van der Waals surface area contributed by atoms with Gasteiger partial charge in [-0.2, -0.15) is 4.72 Å². The van der Waals surface area contributed by atoms with Crippen LogP contribution < -0.4 is 9.62 Å². The summed E-state index contributed by atoms with van der Waals surface area (Å²) >= 11 is 3.27. The number of rotatable bonds is 4. The molecular weight excluding hydrogens is 380 g/mol. The molecule has 7 heteroatoms. The number of hydrogen-bond donors (Lipinski definition) is 1. The fraction of sp³-hybridized carbons (Fsp3) is 0.188. The molecule has 0 unspecified atom stereocenters. The molecule has 23 heavy (non-hydrogen) atoms. The summed E-state index contributed by atoms with van der Waals surface area (Å²) in [6.07, 6.45) is 0.448. The molecule has 0 spiro atoms. The van der Waals surface area contributed by atoms with Gasteiger partial charge in [-0.05, 0) is 42.8 Å². The van der Waals surface area contributed by atoms with Crippen molar-refractivity contribution in [1.82, 2.24) is 4.72 Å². The fourth-order valence-corrected chi connectivity index (χ4v) is 4.01. The summed E-state index contributed by atoms with van der Waals surface area (Å²) in [5, 5.41) is 0. The van der Waals surface area contributed by atoms with Gasteiger partial charge in [0.05, 0.1) is 4.90 Å². The average molecular weight is 395 g/mol. The molecular formula is C16H15BrN2O3S. The van der Waals surface area contributed by atoms with Gasteiger partial charge in [0.1, 0.15) is 6.04 Å². The van der Waals surface area contributed by atoms with Gasteiger partial charge in [-0.1, -0.05) is 34.1 Å². The van der Waals surface area contributed by atoms with Crippen molar-refractivity contribution in [3.63, 3.8) is 0 Å². The molecule has 1 atom stereocenters. The molecule has 3 rings (SSSR count). The molecule has 1 fully saturated rings. The Kier molecular flexibility index (Phi) is 4.52. The normalized spacial score (nSPS) is 18.4. The van der Waals surface area contributed by atoms with Crippen LogP contribution in [0.15, 0.2) is 64.0 Å². The fourth-order valence-electron chi connectivity index (χ4n) is 2.52. The Morgan fingerprint density at radius 2 is 1.70 bits per heavy atom. The van der Waals surface area contributed by atoms with Crippen molar-refractivity contribution in [3.05, 3.63) is 59.1 Å². The SMILES string of the molecule is O=C1[C@@H](NS(=O)(=O)c2ccc(Br)cc2)CCN1c1ccccc1. The van der Waals surface area contributed by atoms with Crippen molar-refractivity contribution in [2.75, 3.05) is 11.4 Å². The van der Waals surface area contributed by atoms with Crippen molar-refractivity contribution in [2.24, 2.45) is 0 Å². The lowest BCUT2D eigenvalue weighted by molar-refractivity contribution is -0.118. The second-order valence-corrected chi connectivity index (χ2v) is 7.87. The number of hydrogen-bond acceptors (Lipinski definition) is 3. The van der Waals surface area contributed by atoms with Crippen molar-refractivity contribution in [3.8, 4) is 0 Å². The van der Waals surface area contributed by atoms with E-state index < -0.39 is 16.1 Å². The van der Waals surface area contributed by atoms with Gasteiger partial charge in [-0.15, -0.1) is 0 Å². The van der Waals surface area contributed by atoms with E-state index in [9.17, 15) is 13.2 Å². The molecule has 1 amide bonds. The van der Waals surface area contributed by atoms with E-state index in [0.717, 1.165) is 10.2 Å². The maximum Gasteiger partial charge on any atom is 0.245 e. The summed E-state index contributed by atoms with van der Waals surface area (Å²) < 4.78 is 28.1. The molecule has 1 heterocycles. The molecule has 1 N–H and O–H groups in total. The molecule has 120 valence electrons. The second kappa shape index (κ2) is 6.43. The maximum absolute atomic E-state index is 12.5. The average Bonchev–Trinajstić information content (AvgIpc) is 2.89. The highest BCUT2D eigenvalue weighted by molar-refractivity contribution is 9.10. The zero-order chi connectivity index (χ0) is 16.4. The number of carbonyl (C=O) groups is 1. The largest absolute Gasteiger partial charge is 0.311 e. The lowest BCUT2D eigenvalue weighted by Gasteiger charge is -2.17. The molecule has 2 aromatic rings. The molecule has 1 aliphatic rings. The first-order valence-corrected chi connectivity index (χ1v) is 9.39. The Bertz CT molecular complexity index is 807. The highest BCUT2D eigenvalue weighted by Crippen LogP contribution is 2.22. The number of sulfonamides is 1. The number of nitrogens with one attached hydrogen (secondary N) is 1. The van der Waals surface area contributed by atoms with Gasteiger partial charge in [0.25, 0.3) is 0 Å². The summed E-state index contributed by atoms with van der Waals surface area (Å²) in [4.78, 5) is 14.2. The quantitative estimate of drug-likeness (QED) is 0.866. The first-order chi connectivity index (χ1) is 11.0. The van der Waals surface area contributed by atoms with E-state index in [2.05, 4.69) is 20.7 Å². The van der Waals surface area contributed by atoms with Gasteiger partial charge < -0.3 is 4.90 Å². The smallest absolute Gasteiger partial charge is 0.245 e. The molecule has 0 aliphatic carbocycles. The van der Waals surface area contributed by atoms with E-state index in [0.29, 0.717) is 13.0 Å². The van der Waals surface area contributed by atoms with E-state index in [1.807, 2.05) is 30.3 Å². The predicted octanol–water partition coefficient (Wildman–Crippen LogP) is 2.53. The van der Waals surface area contributed by atoms with Gasteiger partial charge in [0.2, 0.25) is 15.9 Å². The minimum Gasteiger partial charge on any atom is -0.311 e.